The second-order valence-corrected chi connectivity index (χ2v) is 21.1. The predicted molar refractivity (Wildman–Crippen MR) is 290 cm³/mol. The van der Waals surface area contributed by atoms with E-state index in [0.717, 1.165) is 38.5 Å². The van der Waals surface area contributed by atoms with Gasteiger partial charge in [-0.2, -0.15) is 0 Å². The molecule has 1 aliphatic rings. The van der Waals surface area contributed by atoms with Gasteiger partial charge in [0.1, 0.15) is 24.4 Å². The third-order valence-electron chi connectivity index (χ3n) is 14.5. The molecular formula is C60H115NO8. The number of allylic oxidation sites excluding steroid dienone is 3. The number of unbranched alkanes of at least 4 members (excludes halogenated alkanes) is 40. The van der Waals surface area contributed by atoms with E-state index < -0.39 is 49.5 Å². The average Bonchev–Trinajstić information content (AvgIpc) is 3.35. The summed E-state index contributed by atoms with van der Waals surface area (Å²) >= 11 is 0. The highest BCUT2D eigenvalue weighted by molar-refractivity contribution is 5.76. The second kappa shape index (κ2) is 50.2. The Hall–Kier alpha value is -1.33. The standard InChI is InChI=1S/C60H115NO8/c1-3-5-7-9-11-13-15-16-17-18-19-20-21-22-23-24-25-26-27-28-29-30-31-32-33-34-35-36-37-38-40-42-44-46-48-50-56(64)61-53(52-68-60-59(67)58(66)57(65)55(51-62)69-60)54(63)49-47-45-43-41-39-14-12-10-8-6-4-2/h18-19,47,49,53-55,57-60,62-63,65-67H,3-17,20-46,48,50-52H2,1-2H3,(H,61,64)/b19-18-,49-47+. The van der Waals surface area contributed by atoms with Crippen LogP contribution >= 0.6 is 0 Å². The van der Waals surface area contributed by atoms with Crippen molar-refractivity contribution in [1.29, 1.82) is 0 Å². The first-order valence-corrected chi connectivity index (χ1v) is 30.1. The van der Waals surface area contributed by atoms with Crippen LogP contribution in [0.2, 0.25) is 0 Å². The summed E-state index contributed by atoms with van der Waals surface area (Å²) in [5.74, 6) is -0.173. The fourth-order valence-corrected chi connectivity index (χ4v) is 9.74. The maximum absolute atomic E-state index is 13.0. The molecule has 1 rings (SSSR count). The quantitative estimate of drug-likeness (QED) is 0.0261. The molecule has 7 unspecified atom stereocenters. The van der Waals surface area contributed by atoms with E-state index in [2.05, 4.69) is 31.3 Å². The SMILES string of the molecule is CCCCCCCCCC/C=C\CCCCCCCCCCCCCCCCCCCCCCCCCC(=O)NC(COC1OC(CO)C(O)C(O)C1O)C(O)/C=C/CCCCCCCCCCC. The molecule has 1 fully saturated rings. The molecule has 6 N–H and O–H groups in total. The van der Waals surface area contributed by atoms with Crippen LogP contribution in [0, 0.1) is 0 Å². The molecular weight excluding hydrogens is 863 g/mol. The third-order valence-corrected chi connectivity index (χ3v) is 14.5. The summed E-state index contributed by atoms with van der Waals surface area (Å²) < 4.78 is 11.2. The lowest BCUT2D eigenvalue weighted by atomic mass is 9.99. The lowest BCUT2D eigenvalue weighted by Crippen LogP contribution is -2.60. The highest BCUT2D eigenvalue weighted by Gasteiger charge is 2.44. The lowest BCUT2D eigenvalue weighted by molar-refractivity contribution is -0.302. The Bertz CT molecular complexity index is 1130. The van der Waals surface area contributed by atoms with Gasteiger partial charge < -0.3 is 40.3 Å². The fraction of sp³-hybridized carbons (Fsp3) is 0.917. The fourth-order valence-electron chi connectivity index (χ4n) is 9.74. The van der Waals surface area contributed by atoms with E-state index >= 15 is 0 Å². The van der Waals surface area contributed by atoms with Crippen molar-refractivity contribution in [2.45, 2.75) is 339 Å². The Morgan fingerprint density at radius 3 is 1.17 bits per heavy atom. The Labute approximate surface area is 426 Å². The summed E-state index contributed by atoms with van der Waals surface area (Å²) in [6.45, 7) is 3.78. The van der Waals surface area contributed by atoms with E-state index in [9.17, 15) is 30.3 Å². The van der Waals surface area contributed by atoms with Gasteiger partial charge in [-0.1, -0.05) is 269 Å². The molecule has 0 bridgehead atoms. The van der Waals surface area contributed by atoms with Gasteiger partial charge in [-0.15, -0.1) is 0 Å². The molecule has 408 valence electrons. The number of carbonyl (C=O) groups is 1. The number of carbonyl (C=O) groups excluding carboxylic acids is 1. The number of hydrogen-bond acceptors (Lipinski definition) is 8. The zero-order chi connectivity index (χ0) is 50.1. The maximum atomic E-state index is 13.0. The third kappa shape index (κ3) is 39.8. The minimum atomic E-state index is -1.56. The molecule has 0 saturated carbocycles. The molecule has 0 aromatic heterocycles. The maximum Gasteiger partial charge on any atom is 0.220 e. The lowest BCUT2D eigenvalue weighted by Gasteiger charge is -2.40. The highest BCUT2D eigenvalue weighted by atomic mass is 16.7. The van der Waals surface area contributed by atoms with E-state index in [0.29, 0.717) is 6.42 Å². The van der Waals surface area contributed by atoms with Crippen molar-refractivity contribution in [1.82, 2.24) is 5.32 Å². The smallest absolute Gasteiger partial charge is 0.220 e. The van der Waals surface area contributed by atoms with Crippen LogP contribution in [-0.4, -0.2) is 87.5 Å². The van der Waals surface area contributed by atoms with Crippen molar-refractivity contribution in [2.75, 3.05) is 13.2 Å². The number of hydrogen-bond donors (Lipinski definition) is 6. The zero-order valence-corrected chi connectivity index (χ0v) is 45.3. The van der Waals surface area contributed by atoms with Crippen LogP contribution in [0.15, 0.2) is 24.3 Å². The molecule has 0 aromatic rings. The molecule has 0 spiro atoms. The van der Waals surface area contributed by atoms with Gasteiger partial charge in [-0.05, 0) is 44.9 Å². The van der Waals surface area contributed by atoms with Crippen molar-refractivity contribution in [3.05, 3.63) is 24.3 Å². The Balaban J connectivity index is 2.04. The van der Waals surface area contributed by atoms with Gasteiger partial charge in [-0.3, -0.25) is 4.79 Å². The number of nitrogens with one attached hydrogen (secondary N) is 1. The van der Waals surface area contributed by atoms with Gasteiger partial charge in [0.25, 0.3) is 0 Å². The van der Waals surface area contributed by atoms with E-state index in [4.69, 9.17) is 9.47 Å². The highest BCUT2D eigenvalue weighted by Crippen LogP contribution is 2.23. The molecule has 1 aliphatic heterocycles. The van der Waals surface area contributed by atoms with Crippen LogP contribution in [0.25, 0.3) is 0 Å². The molecule has 1 saturated heterocycles. The monoisotopic (exact) mass is 978 g/mol. The van der Waals surface area contributed by atoms with E-state index in [1.807, 2.05) is 6.08 Å². The summed E-state index contributed by atoms with van der Waals surface area (Å²) in [7, 11) is 0. The van der Waals surface area contributed by atoms with Gasteiger partial charge in [0, 0.05) is 6.42 Å². The van der Waals surface area contributed by atoms with Gasteiger partial charge in [-0.25, -0.2) is 0 Å². The molecule has 9 heteroatoms. The number of aliphatic hydroxyl groups is 5. The summed E-state index contributed by atoms with van der Waals surface area (Å²) in [6, 6.07) is -0.800. The summed E-state index contributed by atoms with van der Waals surface area (Å²) in [4.78, 5) is 13.0. The van der Waals surface area contributed by atoms with Crippen LogP contribution in [0.3, 0.4) is 0 Å². The largest absolute Gasteiger partial charge is 0.394 e. The Morgan fingerprint density at radius 2 is 0.812 bits per heavy atom. The number of ether oxygens (including phenoxy) is 2. The van der Waals surface area contributed by atoms with Crippen LogP contribution in [0.5, 0.6) is 0 Å². The van der Waals surface area contributed by atoms with E-state index in [1.165, 1.54) is 238 Å². The summed E-state index contributed by atoms with van der Waals surface area (Å²) in [5.41, 5.74) is 0. The van der Waals surface area contributed by atoms with Gasteiger partial charge in [0.05, 0.1) is 25.4 Å². The molecule has 0 aromatic carbocycles. The first-order chi connectivity index (χ1) is 33.8. The van der Waals surface area contributed by atoms with Crippen LogP contribution in [0.1, 0.15) is 296 Å². The molecule has 9 nitrogen and oxygen atoms in total. The normalized spacial score (nSPS) is 19.6. The molecule has 7 atom stereocenters. The molecule has 69 heavy (non-hydrogen) atoms. The first-order valence-electron chi connectivity index (χ1n) is 30.1. The van der Waals surface area contributed by atoms with E-state index in [1.54, 1.807) is 6.08 Å². The molecule has 0 aliphatic carbocycles. The van der Waals surface area contributed by atoms with Crippen molar-refractivity contribution in [2.24, 2.45) is 0 Å². The predicted octanol–water partition coefficient (Wildman–Crippen LogP) is 15.0. The van der Waals surface area contributed by atoms with Gasteiger partial charge in [0.15, 0.2) is 6.29 Å². The second-order valence-electron chi connectivity index (χ2n) is 21.1. The minimum absolute atomic E-state index is 0.173. The molecule has 0 radical (unpaired) electrons. The summed E-state index contributed by atoms with van der Waals surface area (Å²) in [6.07, 6.45) is 57.1. The Kier molecular flexibility index (Phi) is 47.8. The Morgan fingerprint density at radius 1 is 0.478 bits per heavy atom. The van der Waals surface area contributed by atoms with Crippen molar-refractivity contribution < 1.29 is 39.8 Å². The zero-order valence-electron chi connectivity index (χ0n) is 45.3. The van der Waals surface area contributed by atoms with E-state index in [-0.39, 0.29) is 12.5 Å². The first kappa shape index (κ1) is 65.7. The van der Waals surface area contributed by atoms with Crippen molar-refractivity contribution >= 4 is 5.91 Å². The topological polar surface area (TPSA) is 149 Å². The average molecular weight is 979 g/mol. The van der Waals surface area contributed by atoms with Crippen LogP contribution in [0.4, 0.5) is 0 Å². The van der Waals surface area contributed by atoms with Crippen molar-refractivity contribution in [3.8, 4) is 0 Å². The van der Waals surface area contributed by atoms with Crippen LogP contribution < -0.4 is 5.32 Å². The minimum Gasteiger partial charge on any atom is -0.394 e. The van der Waals surface area contributed by atoms with Crippen molar-refractivity contribution in [3.63, 3.8) is 0 Å². The van der Waals surface area contributed by atoms with Gasteiger partial charge in [0.2, 0.25) is 5.91 Å². The van der Waals surface area contributed by atoms with Gasteiger partial charge >= 0.3 is 0 Å². The number of aliphatic hydroxyl groups excluding tert-OH is 5. The van der Waals surface area contributed by atoms with Crippen LogP contribution in [-0.2, 0) is 14.3 Å². The number of rotatable bonds is 52. The number of amides is 1. The molecule has 1 amide bonds. The molecule has 1 heterocycles. The summed E-state index contributed by atoms with van der Waals surface area (Å²) in [5, 5.41) is 54.3.